The van der Waals surface area contributed by atoms with Crippen molar-refractivity contribution >= 4 is 23.7 Å². The number of rotatable bonds is 2. The Bertz CT molecular complexity index is 289. The third-order valence-electron chi connectivity index (χ3n) is 2.73. The topological polar surface area (TPSA) is 32.8 Å². The van der Waals surface area contributed by atoms with E-state index >= 15 is 0 Å². The molecule has 0 N–H and O–H groups in total. The summed E-state index contributed by atoms with van der Waals surface area (Å²) < 4.78 is 5.36. The predicted molar refractivity (Wildman–Crippen MR) is 72.5 cm³/mol. The molecule has 0 unspecified atom stereocenters. The molecule has 1 saturated heterocycles. The van der Waals surface area contributed by atoms with E-state index in [1.54, 1.807) is 10.3 Å². The number of nitrogens with zero attached hydrogens (tertiary/aromatic N) is 2. The first-order valence-corrected chi connectivity index (χ1v) is 6.46. The third-order valence-corrected chi connectivity index (χ3v) is 2.87. The summed E-state index contributed by atoms with van der Waals surface area (Å²) in [6.45, 7) is 10.8. The van der Waals surface area contributed by atoms with Crippen LogP contribution in [0.3, 0.4) is 0 Å². The van der Waals surface area contributed by atoms with Gasteiger partial charge < -0.3 is 9.64 Å². The lowest BCUT2D eigenvalue weighted by molar-refractivity contribution is 0.00811. The summed E-state index contributed by atoms with van der Waals surface area (Å²) in [5.74, 6) is 0. The van der Waals surface area contributed by atoms with Crippen LogP contribution in [0.15, 0.2) is 0 Å². The molecule has 0 aromatic carbocycles. The summed E-state index contributed by atoms with van der Waals surface area (Å²) in [4.78, 5) is 15.9. The molecule has 17 heavy (non-hydrogen) atoms. The van der Waals surface area contributed by atoms with Gasteiger partial charge in [0.05, 0.1) is 0 Å². The maximum absolute atomic E-state index is 11.9. The molecule has 1 amide bonds. The van der Waals surface area contributed by atoms with Crippen LogP contribution < -0.4 is 0 Å². The van der Waals surface area contributed by atoms with Gasteiger partial charge in [0.25, 0.3) is 0 Å². The van der Waals surface area contributed by atoms with Gasteiger partial charge in [-0.1, -0.05) is 12.2 Å². The maximum Gasteiger partial charge on any atom is 0.410 e. The second kappa shape index (κ2) is 5.78. The first kappa shape index (κ1) is 14.4. The highest BCUT2D eigenvalue weighted by Gasteiger charge is 2.29. The van der Waals surface area contributed by atoms with Crippen LogP contribution in [-0.4, -0.2) is 59.1 Å². The molecule has 1 fully saturated rings. The minimum Gasteiger partial charge on any atom is -0.444 e. The summed E-state index contributed by atoms with van der Waals surface area (Å²) in [5, 5.41) is 1.74. The SMILES string of the molecule is C[C@@H]1CN(C(=O)OC(C)(C)C)CCN1CC=S. The number of piperazine rings is 1. The van der Waals surface area contributed by atoms with Gasteiger partial charge in [-0.3, -0.25) is 4.90 Å². The van der Waals surface area contributed by atoms with Crippen LogP contribution in [0.2, 0.25) is 0 Å². The summed E-state index contributed by atoms with van der Waals surface area (Å²) in [7, 11) is 0. The number of carbonyl (C=O) groups is 1. The number of carbonyl (C=O) groups excluding carboxylic acids is 1. The highest BCUT2D eigenvalue weighted by Crippen LogP contribution is 2.14. The highest BCUT2D eigenvalue weighted by atomic mass is 32.1. The lowest BCUT2D eigenvalue weighted by atomic mass is 10.2. The average molecular weight is 258 g/mol. The fourth-order valence-corrected chi connectivity index (χ4v) is 2.05. The summed E-state index contributed by atoms with van der Waals surface area (Å²) in [5.41, 5.74) is -0.425. The fraction of sp³-hybridized carbons (Fsp3) is 0.833. The largest absolute Gasteiger partial charge is 0.444 e. The summed E-state index contributed by atoms with van der Waals surface area (Å²) >= 11 is 4.87. The molecule has 0 saturated carbocycles. The van der Waals surface area contributed by atoms with E-state index in [4.69, 9.17) is 17.0 Å². The van der Waals surface area contributed by atoms with E-state index in [1.165, 1.54) is 0 Å². The zero-order valence-electron chi connectivity index (χ0n) is 11.1. The molecule has 1 atom stereocenters. The smallest absolute Gasteiger partial charge is 0.410 e. The van der Waals surface area contributed by atoms with Gasteiger partial charge in [-0.05, 0) is 33.1 Å². The summed E-state index contributed by atoms with van der Waals surface area (Å²) in [6.07, 6.45) is -0.216. The molecular formula is C12H22N2O2S. The van der Waals surface area contributed by atoms with E-state index in [1.807, 2.05) is 20.8 Å². The molecule has 0 bridgehead atoms. The Kier molecular flexibility index (Phi) is 4.89. The second-order valence-corrected chi connectivity index (χ2v) is 5.77. The van der Waals surface area contributed by atoms with Crippen LogP contribution in [-0.2, 0) is 4.74 Å². The molecular weight excluding hydrogens is 236 g/mol. The third kappa shape index (κ3) is 4.60. The predicted octanol–water partition coefficient (Wildman–Crippen LogP) is 1.93. The van der Waals surface area contributed by atoms with Crippen molar-refractivity contribution in [2.75, 3.05) is 26.2 Å². The lowest BCUT2D eigenvalue weighted by Crippen LogP contribution is -2.54. The van der Waals surface area contributed by atoms with E-state index in [2.05, 4.69) is 11.8 Å². The number of amides is 1. The molecule has 98 valence electrons. The van der Waals surface area contributed by atoms with Gasteiger partial charge in [-0.25, -0.2) is 4.79 Å². The Labute approximate surface area is 109 Å². The Hall–Kier alpha value is -0.680. The Morgan fingerprint density at radius 2 is 2.12 bits per heavy atom. The first-order valence-electron chi connectivity index (χ1n) is 5.99. The standard InChI is InChI=1S/C12H22N2O2S/c1-10-9-14(6-5-13(10)7-8-17)11(15)16-12(2,3)4/h8,10H,5-7,9H2,1-4H3/t10-/m1/s1. The Morgan fingerprint density at radius 1 is 1.47 bits per heavy atom. The molecule has 0 radical (unpaired) electrons. The number of hydrogen-bond acceptors (Lipinski definition) is 4. The van der Waals surface area contributed by atoms with Crippen molar-refractivity contribution < 1.29 is 9.53 Å². The van der Waals surface area contributed by atoms with Gasteiger partial charge in [-0.2, -0.15) is 0 Å². The van der Waals surface area contributed by atoms with Gasteiger partial charge in [0, 0.05) is 32.2 Å². The quantitative estimate of drug-likeness (QED) is 0.709. The Balaban J connectivity index is 2.49. The van der Waals surface area contributed by atoms with Gasteiger partial charge in [-0.15, -0.1) is 0 Å². The molecule has 1 aliphatic rings. The second-order valence-electron chi connectivity index (χ2n) is 5.44. The van der Waals surface area contributed by atoms with Crippen molar-refractivity contribution in [2.45, 2.75) is 39.3 Å². The number of ether oxygens (including phenoxy) is 1. The molecule has 0 aliphatic carbocycles. The normalized spacial score (nSPS) is 22.4. The van der Waals surface area contributed by atoms with Crippen LogP contribution in [0.25, 0.3) is 0 Å². The van der Waals surface area contributed by atoms with E-state index < -0.39 is 5.60 Å². The molecule has 0 aromatic rings. The maximum atomic E-state index is 11.9. The molecule has 0 aromatic heterocycles. The van der Waals surface area contributed by atoms with Crippen LogP contribution >= 0.6 is 12.2 Å². The minimum absolute atomic E-state index is 0.216. The van der Waals surface area contributed by atoms with E-state index in [-0.39, 0.29) is 6.09 Å². The van der Waals surface area contributed by atoms with Crippen LogP contribution in [0, 0.1) is 0 Å². The van der Waals surface area contributed by atoms with Crippen LogP contribution in [0.4, 0.5) is 4.79 Å². The van der Waals surface area contributed by atoms with E-state index in [0.29, 0.717) is 19.1 Å². The molecule has 1 heterocycles. The first-order chi connectivity index (χ1) is 7.83. The van der Waals surface area contributed by atoms with Crippen LogP contribution in [0.1, 0.15) is 27.7 Å². The fourth-order valence-electron chi connectivity index (χ4n) is 1.85. The van der Waals surface area contributed by atoms with E-state index in [0.717, 1.165) is 13.1 Å². The molecule has 5 heteroatoms. The average Bonchev–Trinajstić information content (AvgIpc) is 2.18. The molecule has 1 rings (SSSR count). The molecule has 0 spiro atoms. The van der Waals surface area contributed by atoms with Gasteiger partial charge in [0.15, 0.2) is 0 Å². The van der Waals surface area contributed by atoms with Gasteiger partial charge >= 0.3 is 6.09 Å². The van der Waals surface area contributed by atoms with Crippen molar-refractivity contribution in [3.05, 3.63) is 0 Å². The summed E-state index contributed by atoms with van der Waals surface area (Å²) in [6, 6.07) is 0.329. The minimum atomic E-state index is -0.425. The van der Waals surface area contributed by atoms with Crippen LogP contribution in [0.5, 0.6) is 0 Å². The van der Waals surface area contributed by atoms with E-state index in [9.17, 15) is 4.79 Å². The number of thiocarbonyl (C=S) groups is 1. The zero-order valence-corrected chi connectivity index (χ0v) is 11.9. The monoisotopic (exact) mass is 258 g/mol. The zero-order chi connectivity index (χ0) is 13.1. The Morgan fingerprint density at radius 3 is 2.59 bits per heavy atom. The number of hydrogen-bond donors (Lipinski definition) is 0. The van der Waals surface area contributed by atoms with Gasteiger partial charge in [0.2, 0.25) is 0 Å². The molecule has 1 aliphatic heterocycles. The van der Waals surface area contributed by atoms with Crippen molar-refractivity contribution in [2.24, 2.45) is 0 Å². The van der Waals surface area contributed by atoms with Crippen molar-refractivity contribution in [1.82, 2.24) is 9.80 Å². The van der Waals surface area contributed by atoms with Crippen molar-refractivity contribution in [3.63, 3.8) is 0 Å². The van der Waals surface area contributed by atoms with Crippen molar-refractivity contribution in [3.8, 4) is 0 Å². The highest BCUT2D eigenvalue weighted by molar-refractivity contribution is 7.79. The van der Waals surface area contributed by atoms with Gasteiger partial charge in [0.1, 0.15) is 5.60 Å². The molecule has 4 nitrogen and oxygen atoms in total. The van der Waals surface area contributed by atoms with Crippen molar-refractivity contribution in [1.29, 1.82) is 0 Å². The lowest BCUT2D eigenvalue weighted by Gasteiger charge is -2.39.